The van der Waals surface area contributed by atoms with Crippen molar-refractivity contribution in [2.24, 2.45) is 0 Å². The van der Waals surface area contributed by atoms with Crippen molar-refractivity contribution in [1.82, 2.24) is 9.88 Å². The molecule has 0 aliphatic rings. The maximum atomic E-state index is 11.7. The Labute approximate surface area is 106 Å². The molecule has 0 fully saturated rings. The van der Waals surface area contributed by atoms with E-state index in [0.29, 0.717) is 12.1 Å². The van der Waals surface area contributed by atoms with Crippen LogP contribution in [0.4, 0.5) is 0 Å². The Kier molecular flexibility index (Phi) is 3.77. The Balaban J connectivity index is 2.28. The summed E-state index contributed by atoms with van der Waals surface area (Å²) in [6.45, 7) is 2.93. The molecule has 1 aromatic carbocycles. The molecule has 1 N–H and O–H groups in total. The molecule has 2 rings (SSSR count). The van der Waals surface area contributed by atoms with Crippen LogP contribution in [-0.4, -0.2) is 23.3 Å². The molecule has 0 aliphatic heterocycles. The van der Waals surface area contributed by atoms with Crippen molar-refractivity contribution in [2.75, 3.05) is 6.54 Å². The second-order valence-electron chi connectivity index (χ2n) is 4.20. The molecule has 1 heterocycles. The van der Waals surface area contributed by atoms with E-state index in [2.05, 4.69) is 5.32 Å². The van der Waals surface area contributed by atoms with Crippen molar-refractivity contribution < 1.29 is 9.59 Å². The highest BCUT2D eigenvalue weighted by Crippen LogP contribution is 2.18. The third-order valence-corrected chi connectivity index (χ3v) is 2.83. The average molecular weight is 244 g/mol. The van der Waals surface area contributed by atoms with Gasteiger partial charge < -0.3 is 9.88 Å². The van der Waals surface area contributed by atoms with Crippen LogP contribution >= 0.6 is 0 Å². The lowest BCUT2D eigenvalue weighted by Crippen LogP contribution is -2.27. The fraction of sp³-hybridized carbons (Fsp3) is 0.286. The summed E-state index contributed by atoms with van der Waals surface area (Å²) in [5, 5.41) is 3.80. The number of para-hydroxylation sites is 1. The van der Waals surface area contributed by atoms with Crippen LogP contribution in [0.2, 0.25) is 0 Å². The topological polar surface area (TPSA) is 51.1 Å². The number of fused-ring (bicyclic) bond motifs is 1. The second kappa shape index (κ2) is 5.49. The van der Waals surface area contributed by atoms with Gasteiger partial charge in [0.2, 0.25) is 5.91 Å². The van der Waals surface area contributed by atoms with Gasteiger partial charge in [-0.25, -0.2) is 0 Å². The number of hydrogen-bond acceptors (Lipinski definition) is 2. The number of hydrogen-bond donors (Lipinski definition) is 1. The van der Waals surface area contributed by atoms with Gasteiger partial charge in [-0.15, -0.1) is 0 Å². The van der Waals surface area contributed by atoms with E-state index in [4.69, 9.17) is 0 Å². The maximum Gasteiger partial charge on any atom is 0.239 e. The van der Waals surface area contributed by atoms with Crippen molar-refractivity contribution in [3.63, 3.8) is 0 Å². The third-order valence-electron chi connectivity index (χ3n) is 2.83. The minimum Gasteiger partial charge on any atom is -0.355 e. The van der Waals surface area contributed by atoms with Crippen molar-refractivity contribution in [1.29, 1.82) is 0 Å². The fourth-order valence-corrected chi connectivity index (χ4v) is 1.99. The predicted molar refractivity (Wildman–Crippen MR) is 70.6 cm³/mol. The summed E-state index contributed by atoms with van der Waals surface area (Å²) in [4.78, 5) is 22.7. The molecule has 0 atom stereocenters. The predicted octanol–water partition coefficient (Wildman–Crippen LogP) is 1.98. The van der Waals surface area contributed by atoms with Crippen LogP contribution in [0.3, 0.4) is 0 Å². The lowest BCUT2D eigenvalue weighted by atomic mass is 10.1. The Morgan fingerprint density at radius 3 is 2.94 bits per heavy atom. The van der Waals surface area contributed by atoms with Gasteiger partial charge in [0.15, 0.2) is 6.29 Å². The Morgan fingerprint density at radius 2 is 2.22 bits per heavy atom. The maximum absolute atomic E-state index is 11.7. The normalized spacial score (nSPS) is 10.5. The fourth-order valence-electron chi connectivity index (χ4n) is 1.99. The highest BCUT2D eigenvalue weighted by atomic mass is 16.2. The van der Waals surface area contributed by atoms with Crippen molar-refractivity contribution in [3.05, 3.63) is 36.0 Å². The highest BCUT2D eigenvalue weighted by Gasteiger charge is 2.08. The Bertz CT molecular complexity index is 572. The molecular weight excluding hydrogens is 228 g/mol. The number of aldehydes is 1. The molecule has 4 nitrogen and oxygen atoms in total. The van der Waals surface area contributed by atoms with Gasteiger partial charge in [0, 0.05) is 23.7 Å². The summed E-state index contributed by atoms with van der Waals surface area (Å²) >= 11 is 0. The van der Waals surface area contributed by atoms with Gasteiger partial charge in [-0.05, 0) is 18.6 Å². The molecule has 2 aromatic rings. The van der Waals surface area contributed by atoms with Gasteiger partial charge >= 0.3 is 0 Å². The van der Waals surface area contributed by atoms with Crippen LogP contribution in [0.25, 0.3) is 10.9 Å². The summed E-state index contributed by atoms with van der Waals surface area (Å²) in [6.07, 6.45) is 3.57. The first-order valence-corrected chi connectivity index (χ1v) is 6.06. The molecular formula is C14H16N2O2. The summed E-state index contributed by atoms with van der Waals surface area (Å²) < 4.78 is 1.81. The summed E-state index contributed by atoms with van der Waals surface area (Å²) in [6, 6.07) is 7.45. The van der Waals surface area contributed by atoms with E-state index in [1.807, 2.05) is 35.9 Å². The molecule has 1 amide bonds. The van der Waals surface area contributed by atoms with Crippen LogP contribution < -0.4 is 5.32 Å². The molecule has 0 saturated heterocycles. The van der Waals surface area contributed by atoms with Crippen molar-refractivity contribution in [3.8, 4) is 0 Å². The van der Waals surface area contributed by atoms with Gasteiger partial charge in [-0.1, -0.05) is 19.1 Å². The number of carbonyl (C=O) groups is 2. The molecule has 0 bridgehead atoms. The van der Waals surface area contributed by atoms with Crippen LogP contribution in [0.1, 0.15) is 23.7 Å². The lowest BCUT2D eigenvalue weighted by molar-refractivity contribution is -0.121. The molecule has 94 valence electrons. The van der Waals surface area contributed by atoms with Gasteiger partial charge in [-0.2, -0.15) is 0 Å². The summed E-state index contributed by atoms with van der Waals surface area (Å²) in [7, 11) is 0. The minimum absolute atomic E-state index is 0.0324. The monoisotopic (exact) mass is 244 g/mol. The molecule has 18 heavy (non-hydrogen) atoms. The van der Waals surface area contributed by atoms with Crippen molar-refractivity contribution >= 4 is 23.1 Å². The minimum atomic E-state index is -0.0324. The van der Waals surface area contributed by atoms with Crippen LogP contribution in [0.5, 0.6) is 0 Å². The molecule has 4 heteroatoms. The van der Waals surface area contributed by atoms with Gasteiger partial charge in [0.25, 0.3) is 0 Å². The molecule has 0 saturated carbocycles. The quantitative estimate of drug-likeness (QED) is 0.818. The number of amides is 1. The van der Waals surface area contributed by atoms with E-state index < -0.39 is 0 Å². The SMILES string of the molecule is CCCNC(=O)Cn1ccc2cccc(C=O)c21. The molecule has 0 radical (unpaired) electrons. The number of aromatic nitrogens is 1. The average Bonchev–Trinajstić information content (AvgIpc) is 2.79. The molecule has 1 aromatic heterocycles. The standard InChI is InChI=1S/C14H16N2O2/c1-2-7-15-13(18)9-16-8-6-11-4-3-5-12(10-17)14(11)16/h3-6,8,10H,2,7,9H2,1H3,(H,15,18). The first-order chi connectivity index (χ1) is 8.76. The van der Waals surface area contributed by atoms with Gasteiger partial charge in [-0.3, -0.25) is 9.59 Å². The van der Waals surface area contributed by atoms with E-state index in [-0.39, 0.29) is 12.5 Å². The largest absolute Gasteiger partial charge is 0.355 e. The number of nitrogens with zero attached hydrogens (tertiary/aromatic N) is 1. The zero-order valence-corrected chi connectivity index (χ0v) is 10.3. The summed E-state index contributed by atoms with van der Waals surface area (Å²) in [5.41, 5.74) is 1.43. The number of nitrogens with one attached hydrogen (secondary N) is 1. The van der Waals surface area contributed by atoms with Gasteiger partial charge in [0.05, 0.1) is 5.52 Å². The van der Waals surface area contributed by atoms with E-state index in [1.165, 1.54) is 0 Å². The smallest absolute Gasteiger partial charge is 0.239 e. The Morgan fingerprint density at radius 1 is 1.39 bits per heavy atom. The van der Waals surface area contributed by atoms with Crippen molar-refractivity contribution in [2.45, 2.75) is 19.9 Å². The Hall–Kier alpha value is -2.10. The van der Waals surface area contributed by atoms with E-state index in [1.54, 1.807) is 6.07 Å². The number of benzene rings is 1. The molecule has 0 unspecified atom stereocenters. The van der Waals surface area contributed by atoms with E-state index in [0.717, 1.165) is 23.6 Å². The first-order valence-electron chi connectivity index (χ1n) is 6.06. The molecule has 0 aliphatic carbocycles. The van der Waals surface area contributed by atoms with Crippen LogP contribution in [-0.2, 0) is 11.3 Å². The lowest BCUT2D eigenvalue weighted by Gasteiger charge is -2.07. The van der Waals surface area contributed by atoms with Gasteiger partial charge in [0.1, 0.15) is 6.54 Å². The highest BCUT2D eigenvalue weighted by molar-refractivity contribution is 5.97. The second-order valence-corrected chi connectivity index (χ2v) is 4.20. The number of rotatable bonds is 5. The zero-order chi connectivity index (χ0) is 13.0. The van der Waals surface area contributed by atoms with E-state index in [9.17, 15) is 9.59 Å². The van der Waals surface area contributed by atoms with E-state index >= 15 is 0 Å². The van der Waals surface area contributed by atoms with Crippen LogP contribution in [0.15, 0.2) is 30.5 Å². The third kappa shape index (κ3) is 2.42. The zero-order valence-electron chi connectivity index (χ0n) is 10.3. The summed E-state index contributed by atoms with van der Waals surface area (Å²) in [5.74, 6) is -0.0324. The first kappa shape index (κ1) is 12.4. The number of carbonyl (C=O) groups excluding carboxylic acids is 2. The van der Waals surface area contributed by atoms with Crippen LogP contribution in [0, 0.1) is 0 Å². The molecule has 0 spiro atoms.